The lowest BCUT2D eigenvalue weighted by molar-refractivity contribution is 0.102. The Kier molecular flexibility index (Phi) is 4.12. The Hall–Kier alpha value is -2.84. The third-order valence-electron chi connectivity index (χ3n) is 3.37. The fraction of sp³-hybridized carbons (Fsp3) is 0.0625. The fourth-order valence-corrected chi connectivity index (χ4v) is 3.08. The maximum Gasteiger partial charge on any atom is 0.275 e. The van der Waals surface area contributed by atoms with E-state index in [0.29, 0.717) is 22.3 Å². The van der Waals surface area contributed by atoms with Crippen molar-refractivity contribution in [2.75, 3.05) is 17.4 Å². The van der Waals surface area contributed by atoms with Crippen LogP contribution in [-0.2, 0) is 0 Å². The molecule has 0 saturated heterocycles. The Morgan fingerprint density at radius 1 is 1.24 bits per heavy atom. The van der Waals surface area contributed by atoms with Gasteiger partial charge in [0.25, 0.3) is 5.91 Å². The van der Waals surface area contributed by atoms with E-state index in [4.69, 9.17) is 21.1 Å². The molecule has 0 saturated carbocycles. The van der Waals surface area contributed by atoms with Crippen molar-refractivity contribution in [1.29, 1.82) is 0 Å². The third kappa shape index (κ3) is 3.35. The molecule has 0 unspecified atom stereocenters. The van der Waals surface area contributed by atoms with Gasteiger partial charge in [0.15, 0.2) is 21.8 Å². The summed E-state index contributed by atoms with van der Waals surface area (Å²) in [7, 11) is 0. The quantitative estimate of drug-likeness (QED) is 0.673. The number of amides is 1. The Bertz CT molecular complexity index is 947. The number of carbonyl (C=O) groups is 1. The highest BCUT2D eigenvalue weighted by Gasteiger charge is 2.15. The molecule has 3 aromatic rings. The summed E-state index contributed by atoms with van der Waals surface area (Å²) in [6.45, 7) is 0.220. The van der Waals surface area contributed by atoms with Crippen molar-refractivity contribution in [1.82, 2.24) is 9.97 Å². The maximum atomic E-state index is 12.3. The standard InChI is InChI=1S/C16H11ClN4O3S/c17-14-10(2-1-5-18-14)20-15(22)11-7-25-16(21-11)19-9-3-4-12-13(6-9)24-8-23-12/h1-7H,8H2,(H,19,21)(H,20,22). The minimum atomic E-state index is -0.357. The number of halogens is 1. The second kappa shape index (κ2) is 6.58. The minimum absolute atomic E-state index is 0.220. The highest BCUT2D eigenvalue weighted by molar-refractivity contribution is 7.14. The number of nitrogens with one attached hydrogen (secondary N) is 2. The average molecular weight is 375 g/mol. The van der Waals surface area contributed by atoms with E-state index in [9.17, 15) is 4.79 Å². The van der Waals surface area contributed by atoms with Crippen molar-refractivity contribution in [3.63, 3.8) is 0 Å². The summed E-state index contributed by atoms with van der Waals surface area (Å²) in [6.07, 6.45) is 1.55. The molecule has 9 heteroatoms. The first-order valence-corrected chi connectivity index (χ1v) is 8.49. The molecule has 7 nitrogen and oxygen atoms in total. The number of aromatic nitrogens is 2. The van der Waals surface area contributed by atoms with Crippen LogP contribution in [0.15, 0.2) is 41.9 Å². The largest absolute Gasteiger partial charge is 0.454 e. The molecule has 1 amide bonds. The summed E-state index contributed by atoms with van der Waals surface area (Å²) in [4.78, 5) is 20.5. The minimum Gasteiger partial charge on any atom is -0.454 e. The number of carbonyl (C=O) groups excluding carboxylic acids is 1. The van der Waals surface area contributed by atoms with Crippen LogP contribution in [0.2, 0.25) is 5.15 Å². The van der Waals surface area contributed by atoms with Gasteiger partial charge < -0.3 is 20.1 Å². The first-order valence-electron chi connectivity index (χ1n) is 7.23. The van der Waals surface area contributed by atoms with Gasteiger partial charge in [-0.15, -0.1) is 11.3 Å². The lowest BCUT2D eigenvalue weighted by Crippen LogP contribution is -2.13. The van der Waals surface area contributed by atoms with E-state index in [1.807, 2.05) is 18.2 Å². The molecule has 1 aromatic carbocycles. The van der Waals surface area contributed by atoms with Crippen molar-refractivity contribution in [2.24, 2.45) is 0 Å². The fourth-order valence-electron chi connectivity index (χ4n) is 2.20. The molecule has 126 valence electrons. The molecule has 1 aliphatic rings. The van der Waals surface area contributed by atoms with Gasteiger partial charge in [0.05, 0.1) is 5.69 Å². The summed E-state index contributed by atoms with van der Waals surface area (Å²) in [6, 6.07) is 8.85. The topological polar surface area (TPSA) is 85.4 Å². The van der Waals surface area contributed by atoms with E-state index in [2.05, 4.69) is 20.6 Å². The zero-order valence-corrected chi connectivity index (χ0v) is 14.2. The number of thiazole rings is 1. The molecule has 0 fully saturated rings. The molecule has 2 aromatic heterocycles. The summed E-state index contributed by atoms with van der Waals surface area (Å²) in [5, 5.41) is 8.29. The van der Waals surface area contributed by atoms with Crippen LogP contribution < -0.4 is 20.1 Å². The van der Waals surface area contributed by atoms with E-state index >= 15 is 0 Å². The van der Waals surface area contributed by atoms with Crippen LogP contribution in [0.5, 0.6) is 11.5 Å². The molecular weight excluding hydrogens is 364 g/mol. The van der Waals surface area contributed by atoms with E-state index in [1.54, 1.807) is 23.7 Å². The Labute approximate surface area is 151 Å². The van der Waals surface area contributed by atoms with E-state index < -0.39 is 0 Å². The Balaban J connectivity index is 1.46. The van der Waals surface area contributed by atoms with Crippen molar-refractivity contribution < 1.29 is 14.3 Å². The van der Waals surface area contributed by atoms with E-state index in [1.165, 1.54) is 11.3 Å². The van der Waals surface area contributed by atoms with Gasteiger partial charge >= 0.3 is 0 Å². The highest BCUT2D eigenvalue weighted by Crippen LogP contribution is 2.35. The van der Waals surface area contributed by atoms with Gasteiger partial charge in [-0.3, -0.25) is 4.79 Å². The van der Waals surface area contributed by atoms with Gasteiger partial charge in [0.1, 0.15) is 5.69 Å². The predicted octanol–water partition coefficient (Wildman–Crippen LogP) is 3.92. The molecule has 3 heterocycles. The number of benzene rings is 1. The number of nitrogens with zero attached hydrogens (tertiary/aromatic N) is 2. The van der Waals surface area contributed by atoms with Crippen LogP contribution in [0.4, 0.5) is 16.5 Å². The third-order valence-corrected chi connectivity index (χ3v) is 4.43. The molecule has 2 N–H and O–H groups in total. The second-order valence-electron chi connectivity index (χ2n) is 5.03. The Morgan fingerprint density at radius 3 is 3.00 bits per heavy atom. The number of anilines is 3. The molecule has 0 atom stereocenters. The van der Waals surface area contributed by atoms with Gasteiger partial charge in [0.2, 0.25) is 6.79 Å². The zero-order chi connectivity index (χ0) is 17.2. The number of pyridine rings is 1. The predicted molar refractivity (Wildman–Crippen MR) is 95.2 cm³/mol. The lowest BCUT2D eigenvalue weighted by Gasteiger charge is -2.04. The first kappa shape index (κ1) is 15.7. The van der Waals surface area contributed by atoms with Crippen molar-refractivity contribution in [3.05, 3.63) is 52.8 Å². The zero-order valence-electron chi connectivity index (χ0n) is 12.7. The van der Waals surface area contributed by atoms with Crippen LogP contribution in [0.1, 0.15) is 10.5 Å². The molecular formula is C16H11ClN4O3S. The number of ether oxygens (including phenoxy) is 2. The smallest absolute Gasteiger partial charge is 0.275 e. The average Bonchev–Trinajstić information content (AvgIpc) is 3.26. The molecule has 0 spiro atoms. The summed E-state index contributed by atoms with van der Waals surface area (Å²) < 4.78 is 10.6. The van der Waals surface area contributed by atoms with E-state index in [0.717, 1.165) is 5.69 Å². The molecule has 0 radical (unpaired) electrons. The molecule has 0 aliphatic carbocycles. The monoisotopic (exact) mass is 374 g/mol. The van der Waals surface area contributed by atoms with Gasteiger partial charge in [-0.05, 0) is 24.3 Å². The van der Waals surface area contributed by atoms with E-state index in [-0.39, 0.29) is 23.5 Å². The lowest BCUT2D eigenvalue weighted by atomic mass is 10.3. The molecule has 25 heavy (non-hydrogen) atoms. The second-order valence-corrected chi connectivity index (χ2v) is 6.24. The van der Waals surface area contributed by atoms with Crippen LogP contribution >= 0.6 is 22.9 Å². The summed E-state index contributed by atoms with van der Waals surface area (Å²) in [5.41, 5.74) is 1.52. The van der Waals surface area contributed by atoms with Crippen LogP contribution in [0.25, 0.3) is 0 Å². The van der Waals surface area contributed by atoms with Gasteiger partial charge in [-0.2, -0.15) is 0 Å². The van der Waals surface area contributed by atoms with Crippen molar-refractivity contribution in [3.8, 4) is 11.5 Å². The van der Waals surface area contributed by atoms with Gasteiger partial charge in [-0.25, -0.2) is 9.97 Å². The van der Waals surface area contributed by atoms with Crippen molar-refractivity contribution in [2.45, 2.75) is 0 Å². The van der Waals surface area contributed by atoms with Crippen LogP contribution in [0, 0.1) is 0 Å². The number of rotatable bonds is 4. The molecule has 4 rings (SSSR count). The van der Waals surface area contributed by atoms with Crippen LogP contribution in [-0.4, -0.2) is 22.7 Å². The van der Waals surface area contributed by atoms with Gasteiger partial charge in [-0.1, -0.05) is 11.6 Å². The maximum absolute atomic E-state index is 12.3. The van der Waals surface area contributed by atoms with Gasteiger partial charge in [0, 0.05) is 23.3 Å². The first-order chi connectivity index (χ1) is 12.2. The summed E-state index contributed by atoms with van der Waals surface area (Å²) in [5.74, 6) is 1.02. The number of fused-ring (bicyclic) bond motifs is 1. The van der Waals surface area contributed by atoms with Crippen molar-refractivity contribution >= 4 is 45.4 Å². The summed E-state index contributed by atoms with van der Waals surface area (Å²) >= 11 is 7.25. The Morgan fingerprint density at radius 2 is 2.12 bits per heavy atom. The van der Waals surface area contributed by atoms with Crippen LogP contribution in [0.3, 0.4) is 0 Å². The SMILES string of the molecule is O=C(Nc1cccnc1Cl)c1csc(Nc2ccc3c(c2)OCO3)n1. The molecule has 0 bridgehead atoms. The normalized spacial score (nSPS) is 12.0. The number of hydrogen-bond donors (Lipinski definition) is 2. The molecule has 1 aliphatic heterocycles. The number of hydrogen-bond acceptors (Lipinski definition) is 7. The highest BCUT2D eigenvalue weighted by atomic mass is 35.5.